The number of hydrogen-bond acceptors (Lipinski definition) is 3. The number of ether oxygens (including phenoxy) is 1. The Morgan fingerprint density at radius 1 is 1.48 bits per heavy atom. The van der Waals surface area contributed by atoms with E-state index in [2.05, 4.69) is 6.07 Å². The van der Waals surface area contributed by atoms with Crippen LogP contribution in [0.2, 0.25) is 5.02 Å². The normalized spacial score (nSPS) is 15.6. The van der Waals surface area contributed by atoms with Crippen LogP contribution in [0.1, 0.15) is 24.8 Å². The Morgan fingerprint density at radius 3 is 2.86 bits per heavy atom. The molecule has 0 radical (unpaired) electrons. The highest BCUT2D eigenvalue weighted by Gasteiger charge is 2.26. The van der Waals surface area contributed by atoms with Crippen LogP contribution in [0.25, 0.3) is 0 Å². The molecule has 112 valence electrons. The lowest BCUT2D eigenvalue weighted by Crippen LogP contribution is -2.33. The summed E-state index contributed by atoms with van der Waals surface area (Å²) in [6.07, 6.45) is 2.44. The van der Waals surface area contributed by atoms with E-state index in [4.69, 9.17) is 16.3 Å². The third kappa shape index (κ3) is 4.12. The minimum atomic E-state index is -0.633. The van der Waals surface area contributed by atoms with Crippen molar-refractivity contribution < 1.29 is 9.53 Å². The molecule has 1 saturated heterocycles. The largest absolute Gasteiger partial charge is 0.492 e. The van der Waals surface area contributed by atoms with Crippen molar-refractivity contribution in [3.63, 3.8) is 0 Å². The molecule has 1 unspecified atom stereocenters. The fourth-order valence-corrected chi connectivity index (χ4v) is 2.58. The molecule has 0 aliphatic carbocycles. The van der Waals surface area contributed by atoms with Crippen LogP contribution in [0.15, 0.2) is 18.2 Å². The summed E-state index contributed by atoms with van der Waals surface area (Å²) in [6.45, 7) is 3.79. The monoisotopic (exact) mass is 306 g/mol. The van der Waals surface area contributed by atoms with Crippen molar-refractivity contribution >= 4 is 17.5 Å². The van der Waals surface area contributed by atoms with Gasteiger partial charge >= 0.3 is 0 Å². The molecule has 1 heterocycles. The van der Waals surface area contributed by atoms with Crippen molar-refractivity contribution in [2.45, 2.75) is 26.2 Å². The third-order valence-electron chi connectivity index (χ3n) is 3.62. The molecule has 2 rings (SSSR count). The Balaban J connectivity index is 1.87. The summed E-state index contributed by atoms with van der Waals surface area (Å²) in [5.41, 5.74) is 1.05. The SMILES string of the molecule is Cc1ccc(Cl)c(OCCC(C#N)C(=O)N2CCCC2)c1. The zero-order valence-electron chi connectivity index (χ0n) is 12.1. The molecule has 0 spiro atoms. The molecule has 1 aliphatic heterocycles. The molecule has 4 nitrogen and oxygen atoms in total. The van der Waals surface area contributed by atoms with E-state index < -0.39 is 5.92 Å². The van der Waals surface area contributed by atoms with Gasteiger partial charge in [-0.25, -0.2) is 0 Å². The minimum Gasteiger partial charge on any atom is -0.492 e. The van der Waals surface area contributed by atoms with Crippen molar-refractivity contribution in [2.75, 3.05) is 19.7 Å². The number of rotatable bonds is 5. The highest BCUT2D eigenvalue weighted by molar-refractivity contribution is 6.32. The van der Waals surface area contributed by atoms with Crippen LogP contribution in [0.5, 0.6) is 5.75 Å². The number of halogens is 1. The summed E-state index contributed by atoms with van der Waals surface area (Å²) in [5.74, 6) is -0.109. The topological polar surface area (TPSA) is 53.3 Å². The molecule has 0 N–H and O–H groups in total. The van der Waals surface area contributed by atoms with Crippen LogP contribution < -0.4 is 4.74 Å². The Kier molecular flexibility index (Phi) is 5.46. The molecule has 5 heteroatoms. The molecular weight excluding hydrogens is 288 g/mol. The number of benzene rings is 1. The van der Waals surface area contributed by atoms with Gasteiger partial charge in [0.2, 0.25) is 5.91 Å². The smallest absolute Gasteiger partial charge is 0.240 e. The summed E-state index contributed by atoms with van der Waals surface area (Å²) in [7, 11) is 0. The Hall–Kier alpha value is -1.73. The maximum atomic E-state index is 12.2. The lowest BCUT2D eigenvalue weighted by atomic mass is 10.1. The fraction of sp³-hybridized carbons (Fsp3) is 0.500. The van der Waals surface area contributed by atoms with Crippen LogP contribution in [-0.4, -0.2) is 30.5 Å². The van der Waals surface area contributed by atoms with Crippen molar-refractivity contribution in [3.05, 3.63) is 28.8 Å². The first kappa shape index (κ1) is 15.7. The number of carbonyl (C=O) groups is 1. The summed E-state index contributed by atoms with van der Waals surface area (Å²) < 4.78 is 5.61. The van der Waals surface area contributed by atoms with Gasteiger partial charge in [-0.15, -0.1) is 0 Å². The lowest BCUT2D eigenvalue weighted by molar-refractivity contribution is -0.133. The lowest BCUT2D eigenvalue weighted by Gasteiger charge is -2.19. The second-order valence-corrected chi connectivity index (χ2v) is 5.69. The van der Waals surface area contributed by atoms with Crippen molar-refractivity contribution in [1.82, 2.24) is 4.90 Å². The van der Waals surface area contributed by atoms with Gasteiger partial charge in [0.25, 0.3) is 0 Å². The van der Waals surface area contributed by atoms with Gasteiger partial charge in [0.05, 0.1) is 17.7 Å². The number of hydrogen-bond donors (Lipinski definition) is 0. The van der Waals surface area contributed by atoms with E-state index in [1.165, 1.54) is 0 Å². The van der Waals surface area contributed by atoms with Gasteiger partial charge in [-0.05, 0) is 37.5 Å². The van der Waals surface area contributed by atoms with E-state index in [1.807, 2.05) is 19.1 Å². The molecule has 21 heavy (non-hydrogen) atoms. The van der Waals surface area contributed by atoms with E-state index in [9.17, 15) is 10.1 Å². The molecule has 0 bridgehead atoms. The summed E-state index contributed by atoms with van der Waals surface area (Å²) in [4.78, 5) is 13.9. The molecule has 1 aromatic carbocycles. The van der Waals surface area contributed by atoms with Crippen LogP contribution in [0, 0.1) is 24.2 Å². The predicted octanol–water partition coefficient (Wildman–Crippen LogP) is 3.18. The van der Waals surface area contributed by atoms with Crippen molar-refractivity contribution in [2.24, 2.45) is 5.92 Å². The Morgan fingerprint density at radius 2 is 2.19 bits per heavy atom. The van der Waals surface area contributed by atoms with Gasteiger partial charge < -0.3 is 9.64 Å². The summed E-state index contributed by atoms with van der Waals surface area (Å²) >= 11 is 6.05. The van der Waals surface area contributed by atoms with Gasteiger partial charge in [0, 0.05) is 19.5 Å². The summed E-state index contributed by atoms with van der Waals surface area (Å²) in [6, 6.07) is 7.63. The van der Waals surface area contributed by atoms with Crippen LogP contribution in [-0.2, 0) is 4.79 Å². The molecule has 0 saturated carbocycles. The van der Waals surface area contributed by atoms with Gasteiger partial charge in [0.15, 0.2) is 0 Å². The highest BCUT2D eigenvalue weighted by Crippen LogP contribution is 2.25. The maximum absolute atomic E-state index is 12.2. The first-order valence-corrected chi connectivity index (χ1v) is 7.57. The molecule has 0 aromatic heterocycles. The first-order valence-electron chi connectivity index (χ1n) is 7.19. The number of aryl methyl sites for hydroxylation is 1. The second-order valence-electron chi connectivity index (χ2n) is 5.29. The molecule has 1 aromatic rings. The molecule has 1 fully saturated rings. The van der Waals surface area contributed by atoms with Gasteiger partial charge in [-0.3, -0.25) is 4.79 Å². The van der Waals surface area contributed by atoms with Crippen LogP contribution in [0.3, 0.4) is 0 Å². The maximum Gasteiger partial charge on any atom is 0.240 e. The van der Waals surface area contributed by atoms with Crippen LogP contribution >= 0.6 is 11.6 Å². The van der Waals surface area contributed by atoms with Gasteiger partial charge in [-0.2, -0.15) is 5.26 Å². The van der Waals surface area contributed by atoms with Gasteiger partial charge in [-0.1, -0.05) is 17.7 Å². The van der Waals surface area contributed by atoms with E-state index >= 15 is 0 Å². The predicted molar refractivity (Wildman–Crippen MR) is 81.2 cm³/mol. The van der Waals surface area contributed by atoms with E-state index in [1.54, 1.807) is 11.0 Å². The molecule has 1 amide bonds. The quantitative estimate of drug-likeness (QED) is 0.839. The number of nitrogens with zero attached hydrogens (tertiary/aromatic N) is 2. The van der Waals surface area contributed by atoms with Crippen molar-refractivity contribution in [3.8, 4) is 11.8 Å². The fourth-order valence-electron chi connectivity index (χ4n) is 2.41. The third-order valence-corrected chi connectivity index (χ3v) is 3.93. The van der Waals surface area contributed by atoms with Crippen LogP contribution in [0.4, 0.5) is 0 Å². The first-order chi connectivity index (χ1) is 10.1. The molecule has 1 aliphatic rings. The molecule has 1 atom stereocenters. The minimum absolute atomic E-state index is 0.0751. The number of nitriles is 1. The summed E-state index contributed by atoms with van der Waals surface area (Å²) in [5, 5.41) is 9.72. The van der Waals surface area contributed by atoms with Gasteiger partial charge in [0.1, 0.15) is 11.7 Å². The Bertz CT molecular complexity index is 548. The second kappa shape index (κ2) is 7.33. The standard InChI is InChI=1S/C16H19ClN2O2/c1-12-4-5-14(17)15(10-12)21-9-6-13(11-18)16(20)19-7-2-3-8-19/h4-5,10,13H,2-3,6-9H2,1H3. The number of amides is 1. The molecular formula is C16H19ClN2O2. The highest BCUT2D eigenvalue weighted by atomic mass is 35.5. The zero-order valence-corrected chi connectivity index (χ0v) is 12.9. The van der Waals surface area contributed by atoms with Crippen molar-refractivity contribution in [1.29, 1.82) is 5.26 Å². The van der Waals surface area contributed by atoms with E-state index in [0.717, 1.165) is 31.5 Å². The number of carbonyl (C=O) groups excluding carboxylic acids is 1. The zero-order chi connectivity index (χ0) is 15.2. The Labute approximate surface area is 130 Å². The average Bonchev–Trinajstić information content (AvgIpc) is 3.00. The number of likely N-dealkylation sites (tertiary alicyclic amines) is 1. The van der Waals surface area contributed by atoms with E-state index in [-0.39, 0.29) is 5.91 Å². The average molecular weight is 307 g/mol. The van der Waals surface area contributed by atoms with E-state index in [0.29, 0.717) is 23.8 Å².